The minimum Gasteiger partial charge on any atom is -0.384 e. The third-order valence-corrected chi connectivity index (χ3v) is 4.55. The molecule has 0 radical (unpaired) electrons. The largest absolute Gasteiger partial charge is 0.384 e. The molecule has 0 aliphatic heterocycles. The van der Waals surface area contributed by atoms with Gasteiger partial charge in [0.1, 0.15) is 0 Å². The van der Waals surface area contributed by atoms with Crippen LogP contribution in [0.1, 0.15) is 0 Å². The van der Waals surface area contributed by atoms with E-state index < -0.39 is 0 Å². The summed E-state index contributed by atoms with van der Waals surface area (Å²) in [5, 5.41) is 0.986. The molecule has 0 bridgehead atoms. The SMILES string of the molecule is COCCSc1nc(-c2ccccc2)c(-c2cccnc2)n1C. The molecule has 0 amide bonds. The van der Waals surface area contributed by atoms with Gasteiger partial charge in [-0.05, 0) is 12.1 Å². The lowest BCUT2D eigenvalue weighted by atomic mass is 10.1. The van der Waals surface area contributed by atoms with Crippen molar-refractivity contribution >= 4 is 11.8 Å². The fourth-order valence-corrected chi connectivity index (χ4v) is 3.33. The smallest absolute Gasteiger partial charge is 0.168 e. The third-order valence-electron chi connectivity index (χ3n) is 3.55. The molecule has 0 unspecified atom stereocenters. The highest BCUT2D eigenvalue weighted by molar-refractivity contribution is 7.99. The number of methoxy groups -OCH3 is 1. The van der Waals surface area contributed by atoms with Crippen LogP contribution < -0.4 is 0 Å². The van der Waals surface area contributed by atoms with Crippen LogP contribution in [0, 0.1) is 0 Å². The van der Waals surface area contributed by atoms with E-state index in [0.717, 1.165) is 33.4 Å². The number of hydrogen-bond acceptors (Lipinski definition) is 4. The molecule has 5 heteroatoms. The minimum absolute atomic E-state index is 0.709. The van der Waals surface area contributed by atoms with Gasteiger partial charge in [0.15, 0.2) is 5.16 Å². The normalized spacial score (nSPS) is 10.9. The molecular formula is C18H19N3OS. The Morgan fingerprint density at radius 2 is 1.87 bits per heavy atom. The number of hydrogen-bond donors (Lipinski definition) is 0. The van der Waals surface area contributed by atoms with Crippen LogP contribution in [0.5, 0.6) is 0 Å². The molecule has 23 heavy (non-hydrogen) atoms. The second-order valence-corrected chi connectivity index (χ2v) is 6.16. The molecule has 3 aromatic rings. The average Bonchev–Trinajstić information content (AvgIpc) is 2.93. The standard InChI is InChI=1S/C18H19N3OS/c1-21-17(15-9-6-10-19-13-15)16(14-7-4-3-5-8-14)20-18(21)23-12-11-22-2/h3-10,13H,11-12H2,1-2H3. The Bertz CT molecular complexity index is 757. The molecule has 3 rings (SSSR count). The van der Waals surface area contributed by atoms with Gasteiger partial charge in [-0.1, -0.05) is 42.1 Å². The topological polar surface area (TPSA) is 39.9 Å². The van der Waals surface area contributed by atoms with Gasteiger partial charge in [-0.25, -0.2) is 4.98 Å². The van der Waals surface area contributed by atoms with Crippen molar-refractivity contribution < 1.29 is 4.74 Å². The lowest BCUT2D eigenvalue weighted by Gasteiger charge is -2.07. The van der Waals surface area contributed by atoms with Gasteiger partial charge in [0.25, 0.3) is 0 Å². The number of ether oxygens (including phenoxy) is 1. The van der Waals surface area contributed by atoms with Gasteiger partial charge in [-0.3, -0.25) is 4.98 Å². The highest BCUT2D eigenvalue weighted by atomic mass is 32.2. The first kappa shape index (κ1) is 15.8. The zero-order valence-electron chi connectivity index (χ0n) is 13.3. The van der Waals surface area contributed by atoms with Crippen LogP contribution in [-0.4, -0.2) is 34.0 Å². The summed E-state index contributed by atoms with van der Waals surface area (Å²) in [5.41, 5.74) is 4.26. The molecule has 118 valence electrons. The van der Waals surface area contributed by atoms with Crippen molar-refractivity contribution in [2.24, 2.45) is 7.05 Å². The van der Waals surface area contributed by atoms with Crippen LogP contribution in [0.15, 0.2) is 60.0 Å². The fraction of sp³-hybridized carbons (Fsp3) is 0.222. The van der Waals surface area contributed by atoms with Gasteiger partial charge in [-0.2, -0.15) is 0 Å². The zero-order chi connectivity index (χ0) is 16.1. The van der Waals surface area contributed by atoms with Gasteiger partial charge >= 0.3 is 0 Å². The Labute approximate surface area is 140 Å². The van der Waals surface area contributed by atoms with Crippen molar-refractivity contribution in [1.29, 1.82) is 0 Å². The third kappa shape index (κ3) is 3.46. The molecular weight excluding hydrogens is 306 g/mol. The highest BCUT2D eigenvalue weighted by Crippen LogP contribution is 2.34. The first-order chi connectivity index (χ1) is 11.3. The summed E-state index contributed by atoms with van der Waals surface area (Å²) >= 11 is 1.70. The molecule has 0 atom stereocenters. The van der Waals surface area contributed by atoms with E-state index in [1.807, 2.05) is 30.5 Å². The van der Waals surface area contributed by atoms with Crippen LogP contribution in [0.2, 0.25) is 0 Å². The van der Waals surface area contributed by atoms with Gasteiger partial charge < -0.3 is 9.30 Å². The van der Waals surface area contributed by atoms with Crippen molar-refractivity contribution in [3.05, 3.63) is 54.9 Å². The van der Waals surface area contributed by atoms with Gasteiger partial charge in [0, 0.05) is 43.4 Å². The second-order valence-electron chi connectivity index (χ2n) is 5.10. The highest BCUT2D eigenvalue weighted by Gasteiger charge is 2.18. The number of rotatable bonds is 6. The van der Waals surface area contributed by atoms with Crippen molar-refractivity contribution in [2.45, 2.75) is 5.16 Å². The maximum absolute atomic E-state index is 5.14. The first-order valence-electron chi connectivity index (χ1n) is 7.45. The number of nitrogens with zero attached hydrogens (tertiary/aromatic N) is 3. The van der Waals surface area contributed by atoms with Crippen LogP contribution in [-0.2, 0) is 11.8 Å². The quantitative estimate of drug-likeness (QED) is 0.509. The number of benzene rings is 1. The summed E-state index contributed by atoms with van der Waals surface area (Å²) in [7, 11) is 3.77. The predicted octanol–water partition coefficient (Wildman–Crippen LogP) is 3.89. The molecule has 2 heterocycles. The Hall–Kier alpha value is -2.11. The van der Waals surface area contributed by atoms with E-state index in [0.29, 0.717) is 6.61 Å². The Balaban J connectivity index is 2.08. The van der Waals surface area contributed by atoms with E-state index in [1.165, 1.54) is 0 Å². The molecule has 0 saturated carbocycles. The van der Waals surface area contributed by atoms with E-state index in [2.05, 4.69) is 34.8 Å². The first-order valence-corrected chi connectivity index (χ1v) is 8.44. The molecule has 0 spiro atoms. The van der Waals surface area contributed by atoms with Gasteiger partial charge in [0.2, 0.25) is 0 Å². The average molecular weight is 325 g/mol. The maximum atomic E-state index is 5.14. The van der Waals surface area contributed by atoms with E-state index in [1.54, 1.807) is 25.1 Å². The summed E-state index contributed by atoms with van der Waals surface area (Å²) in [6.07, 6.45) is 3.67. The molecule has 0 saturated heterocycles. The van der Waals surface area contributed by atoms with Crippen molar-refractivity contribution in [1.82, 2.24) is 14.5 Å². The Morgan fingerprint density at radius 1 is 1.09 bits per heavy atom. The van der Waals surface area contributed by atoms with Crippen molar-refractivity contribution in [3.63, 3.8) is 0 Å². The molecule has 1 aromatic carbocycles. The number of thioether (sulfide) groups is 1. The molecule has 0 fully saturated rings. The van der Waals surface area contributed by atoms with E-state index in [4.69, 9.17) is 9.72 Å². The lowest BCUT2D eigenvalue weighted by molar-refractivity contribution is 0.218. The molecule has 0 aliphatic rings. The summed E-state index contributed by atoms with van der Waals surface area (Å²) in [4.78, 5) is 9.12. The predicted molar refractivity (Wildman–Crippen MR) is 94.5 cm³/mol. The molecule has 4 nitrogen and oxygen atoms in total. The van der Waals surface area contributed by atoms with Gasteiger partial charge in [-0.15, -0.1) is 0 Å². The number of imidazole rings is 1. The van der Waals surface area contributed by atoms with Crippen molar-refractivity contribution in [2.75, 3.05) is 19.5 Å². The van der Waals surface area contributed by atoms with Crippen LogP contribution in [0.4, 0.5) is 0 Å². The summed E-state index contributed by atoms with van der Waals surface area (Å²) < 4.78 is 7.28. The monoisotopic (exact) mass is 325 g/mol. The maximum Gasteiger partial charge on any atom is 0.168 e. The summed E-state index contributed by atoms with van der Waals surface area (Å²) in [6.45, 7) is 0.709. The van der Waals surface area contributed by atoms with Crippen LogP contribution >= 0.6 is 11.8 Å². The summed E-state index contributed by atoms with van der Waals surface area (Å²) in [6, 6.07) is 14.3. The Morgan fingerprint density at radius 3 is 2.57 bits per heavy atom. The molecule has 0 N–H and O–H groups in total. The molecule has 2 aromatic heterocycles. The van der Waals surface area contributed by atoms with Gasteiger partial charge in [0.05, 0.1) is 18.0 Å². The van der Waals surface area contributed by atoms with Crippen molar-refractivity contribution in [3.8, 4) is 22.5 Å². The molecule has 0 aliphatic carbocycles. The fourth-order valence-electron chi connectivity index (χ4n) is 2.45. The van der Waals surface area contributed by atoms with E-state index >= 15 is 0 Å². The number of pyridine rings is 1. The van der Waals surface area contributed by atoms with Crippen LogP contribution in [0.3, 0.4) is 0 Å². The van der Waals surface area contributed by atoms with E-state index in [9.17, 15) is 0 Å². The minimum atomic E-state index is 0.709. The lowest BCUT2D eigenvalue weighted by Crippen LogP contribution is -1.97. The number of aromatic nitrogens is 3. The Kier molecular flexibility index (Phi) is 5.10. The zero-order valence-corrected chi connectivity index (χ0v) is 14.1. The summed E-state index contributed by atoms with van der Waals surface area (Å²) in [5.74, 6) is 0.877. The van der Waals surface area contributed by atoms with E-state index in [-0.39, 0.29) is 0 Å². The van der Waals surface area contributed by atoms with Crippen LogP contribution in [0.25, 0.3) is 22.5 Å². The second kappa shape index (κ2) is 7.44.